The number of hydrogen-bond donors (Lipinski definition) is 2. The van der Waals surface area contributed by atoms with E-state index in [0.717, 1.165) is 38.5 Å². The summed E-state index contributed by atoms with van der Waals surface area (Å²) in [6.45, 7) is 1.98. The topological polar surface area (TPSA) is 101 Å². The number of ether oxygens (including phenoxy) is 2. The Morgan fingerprint density at radius 2 is 1.94 bits per heavy atom. The number of rotatable bonds is 5. The minimum absolute atomic E-state index is 0.0182. The molecule has 7 nitrogen and oxygen atoms in total. The van der Waals surface area contributed by atoms with Gasteiger partial charge in [0.05, 0.1) is 16.8 Å². The van der Waals surface area contributed by atoms with Crippen molar-refractivity contribution in [2.75, 3.05) is 18.7 Å². The average molecular weight is 507 g/mol. The molecular weight excluding hydrogens is 485 g/mol. The number of halogens is 5. The SMILES string of the molecule is COc1c([C@@H]2[C@@H](C(=O)Nc3ccnc([S@@](C)(=N)=O)c3)O[C@](C)(C(F)(F)F)[C@@H]2C)ccc(F)c1F. The molecule has 3 rings (SSSR count). The van der Waals surface area contributed by atoms with Crippen molar-refractivity contribution in [2.45, 2.75) is 42.7 Å². The van der Waals surface area contributed by atoms with E-state index < -0.39 is 62.7 Å². The highest BCUT2D eigenvalue weighted by Crippen LogP contribution is 2.55. The predicted molar refractivity (Wildman–Crippen MR) is 112 cm³/mol. The van der Waals surface area contributed by atoms with E-state index in [4.69, 9.17) is 14.3 Å². The number of carbonyl (C=O) groups is 1. The zero-order valence-electron chi connectivity index (χ0n) is 18.5. The van der Waals surface area contributed by atoms with Crippen molar-refractivity contribution in [3.05, 3.63) is 47.7 Å². The second kappa shape index (κ2) is 8.77. The number of amides is 1. The van der Waals surface area contributed by atoms with Crippen LogP contribution in [0.15, 0.2) is 35.5 Å². The second-order valence-corrected chi connectivity index (χ2v) is 10.3. The monoisotopic (exact) mass is 507 g/mol. The summed E-state index contributed by atoms with van der Waals surface area (Å²) in [4.78, 5) is 16.9. The van der Waals surface area contributed by atoms with Crippen LogP contribution in [0.4, 0.5) is 27.6 Å². The summed E-state index contributed by atoms with van der Waals surface area (Å²) in [6.07, 6.45) is -4.38. The summed E-state index contributed by atoms with van der Waals surface area (Å²) >= 11 is 0. The van der Waals surface area contributed by atoms with Gasteiger partial charge in [0.2, 0.25) is 5.82 Å². The third-order valence-electron chi connectivity index (χ3n) is 5.97. The molecule has 186 valence electrons. The maximum Gasteiger partial charge on any atom is 0.417 e. The quantitative estimate of drug-likeness (QED) is 0.581. The molecule has 1 fully saturated rings. The van der Waals surface area contributed by atoms with Gasteiger partial charge in [0.15, 0.2) is 17.2 Å². The number of methoxy groups -OCH3 is 1. The molecule has 2 aromatic rings. The van der Waals surface area contributed by atoms with E-state index in [1.807, 2.05) is 0 Å². The zero-order chi connectivity index (χ0) is 25.6. The van der Waals surface area contributed by atoms with Crippen LogP contribution in [-0.4, -0.2) is 46.3 Å². The largest absolute Gasteiger partial charge is 0.493 e. The Morgan fingerprint density at radius 3 is 2.50 bits per heavy atom. The van der Waals surface area contributed by atoms with Crippen LogP contribution in [0.5, 0.6) is 5.75 Å². The maximum atomic E-state index is 14.4. The van der Waals surface area contributed by atoms with Crippen LogP contribution in [0.3, 0.4) is 0 Å². The molecule has 2 heterocycles. The number of nitrogens with zero attached hydrogens (tertiary/aromatic N) is 1. The van der Waals surface area contributed by atoms with E-state index in [2.05, 4.69) is 10.3 Å². The molecule has 13 heteroatoms. The van der Waals surface area contributed by atoms with Crippen LogP contribution in [0.2, 0.25) is 0 Å². The molecule has 1 aliphatic rings. The average Bonchev–Trinajstić information content (AvgIpc) is 3.01. The molecule has 0 bridgehead atoms. The second-order valence-electron chi connectivity index (χ2n) is 8.16. The van der Waals surface area contributed by atoms with Gasteiger partial charge in [0.1, 0.15) is 11.1 Å². The molecule has 0 spiro atoms. The number of carbonyl (C=O) groups excluding carboxylic acids is 1. The van der Waals surface area contributed by atoms with E-state index in [0.29, 0.717) is 0 Å². The highest BCUT2D eigenvalue weighted by Gasteiger charge is 2.65. The highest BCUT2D eigenvalue weighted by atomic mass is 32.2. The van der Waals surface area contributed by atoms with Crippen molar-refractivity contribution in [3.63, 3.8) is 0 Å². The summed E-state index contributed by atoms with van der Waals surface area (Å²) in [6, 6.07) is 4.24. The smallest absolute Gasteiger partial charge is 0.417 e. The number of benzene rings is 1. The minimum Gasteiger partial charge on any atom is -0.493 e. The zero-order valence-corrected chi connectivity index (χ0v) is 19.3. The molecular formula is C21H22F5N3O4S. The Morgan fingerprint density at radius 1 is 1.29 bits per heavy atom. The summed E-state index contributed by atoms with van der Waals surface area (Å²) in [5.41, 5.74) is -2.94. The summed E-state index contributed by atoms with van der Waals surface area (Å²) < 4.78 is 99.8. The first-order valence-corrected chi connectivity index (χ1v) is 11.9. The molecule has 0 aliphatic carbocycles. The molecule has 1 saturated heterocycles. The molecule has 0 unspecified atom stereocenters. The van der Waals surface area contributed by atoms with E-state index in [9.17, 15) is 31.0 Å². The fourth-order valence-electron chi connectivity index (χ4n) is 3.95. The van der Waals surface area contributed by atoms with Crippen LogP contribution < -0.4 is 10.1 Å². The van der Waals surface area contributed by atoms with Gasteiger partial charge in [-0.3, -0.25) is 4.79 Å². The highest BCUT2D eigenvalue weighted by molar-refractivity contribution is 7.91. The molecule has 0 saturated carbocycles. The summed E-state index contributed by atoms with van der Waals surface area (Å²) in [5, 5.41) is 2.23. The van der Waals surface area contributed by atoms with Gasteiger partial charge in [-0.2, -0.15) is 17.6 Å². The molecule has 1 amide bonds. The summed E-state index contributed by atoms with van der Waals surface area (Å²) in [5.74, 6) is -7.09. The number of anilines is 1. The van der Waals surface area contributed by atoms with Gasteiger partial charge in [-0.05, 0) is 25.1 Å². The van der Waals surface area contributed by atoms with Gasteiger partial charge in [0.25, 0.3) is 5.91 Å². The van der Waals surface area contributed by atoms with Crippen LogP contribution in [0.1, 0.15) is 25.3 Å². The number of nitrogens with one attached hydrogen (secondary N) is 2. The first-order chi connectivity index (χ1) is 15.6. The van der Waals surface area contributed by atoms with E-state index >= 15 is 0 Å². The van der Waals surface area contributed by atoms with Crippen molar-refractivity contribution < 1.29 is 40.4 Å². The normalized spacial score (nSPS) is 26.7. The van der Waals surface area contributed by atoms with Crippen molar-refractivity contribution in [1.29, 1.82) is 4.78 Å². The molecule has 1 aromatic carbocycles. The molecule has 0 radical (unpaired) electrons. The van der Waals surface area contributed by atoms with Gasteiger partial charge < -0.3 is 14.8 Å². The third-order valence-corrected chi connectivity index (χ3v) is 6.99. The van der Waals surface area contributed by atoms with Crippen LogP contribution >= 0.6 is 0 Å². The fraction of sp³-hybridized carbons (Fsp3) is 0.429. The lowest BCUT2D eigenvalue weighted by Crippen LogP contribution is -2.47. The maximum absolute atomic E-state index is 14.4. The lowest BCUT2D eigenvalue weighted by molar-refractivity contribution is -0.272. The molecule has 1 aromatic heterocycles. The van der Waals surface area contributed by atoms with E-state index in [1.54, 1.807) is 0 Å². The van der Waals surface area contributed by atoms with Crippen molar-refractivity contribution in [2.24, 2.45) is 5.92 Å². The van der Waals surface area contributed by atoms with Gasteiger partial charge in [-0.25, -0.2) is 18.4 Å². The minimum atomic E-state index is -4.89. The van der Waals surface area contributed by atoms with Crippen LogP contribution in [0.25, 0.3) is 0 Å². The molecule has 2 N–H and O–H groups in total. The fourth-order valence-corrected chi connectivity index (χ4v) is 4.57. The molecule has 34 heavy (non-hydrogen) atoms. The lowest BCUT2D eigenvalue weighted by Gasteiger charge is -2.32. The Kier molecular flexibility index (Phi) is 6.66. The number of hydrogen-bond acceptors (Lipinski definition) is 6. The summed E-state index contributed by atoms with van der Waals surface area (Å²) in [7, 11) is -2.21. The van der Waals surface area contributed by atoms with Crippen molar-refractivity contribution >= 4 is 21.3 Å². The van der Waals surface area contributed by atoms with Crippen molar-refractivity contribution in [1.82, 2.24) is 4.98 Å². The lowest BCUT2D eigenvalue weighted by atomic mass is 9.77. The van der Waals surface area contributed by atoms with Crippen molar-refractivity contribution in [3.8, 4) is 5.75 Å². The Labute approximate surface area is 192 Å². The van der Waals surface area contributed by atoms with Gasteiger partial charge in [-0.1, -0.05) is 13.0 Å². The van der Waals surface area contributed by atoms with Gasteiger partial charge in [0, 0.05) is 35.5 Å². The van der Waals surface area contributed by atoms with E-state index in [-0.39, 0.29) is 16.3 Å². The van der Waals surface area contributed by atoms with Crippen LogP contribution in [-0.2, 0) is 19.3 Å². The Balaban J connectivity index is 2.08. The molecule has 1 aliphatic heterocycles. The standard InChI is InChI=1S/C21H22F5N3O4S/c1-10-15(12-5-6-13(22)16(23)17(12)32-3)18(33-20(10,2)21(24,25)26)19(30)29-11-7-8-28-14(9-11)34(4,27)31/h5-10,15,18,27H,1-4H3,(H,28,29,30)/t10-,15-,18+,20+,34+/m1/s1. The number of aromatic nitrogens is 1. The molecule has 5 atom stereocenters. The number of pyridine rings is 1. The predicted octanol–water partition coefficient (Wildman–Crippen LogP) is 4.48. The Hall–Kier alpha value is -2.80. The van der Waals surface area contributed by atoms with Gasteiger partial charge in [-0.15, -0.1) is 0 Å². The third kappa shape index (κ3) is 4.45. The number of alkyl halides is 3. The first kappa shape index (κ1) is 25.8. The van der Waals surface area contributed by atoms with Crippen LogP contribution in [0, 0.1) is 22.3 Å². The van der Waals surface area contributed by atoms with Gasteiger partial charge >= 0.3 is 6.18 Å². The van der Waals surface area contributed by atoms with E-state index in [1.165, 1.54) is 19.2 Å². The first-order valence-electron chi connectivity index (χ1n) is 9.89. The Bertz CT molecular complexity index is 1220.